The Labute approximate surface area is 186 Å². The van der Waals surface area contributed by atoms with Crippen molar-refractivity contribution < 1.29 is 14.8 Å². The zero-order chi connectivity index (χ0) is 22.2. The Kier molecular flexibility index (Phi) is 8.72. The van der Waals surface area contributed by atoms with Crippen LogP contribution in [0.2, 0.25) is 0 Å². The van der Waals surface area contributed by atoms with Crippen LogP contribution in [0, 0.1) is 11.8 Å². The molecule has 2 aliphatic heterocycles. The topological polar surface area (TPSA) is 84.9 Å². The molecule has 1 aromatic carbocycles. The summed E-state index contributed by atoms with van der Waals surface area (Å²) in [5.41, 5.74) is 4.07. The van der Waals surface area contributed by atoms with E-state index >= 15 is 0 Å². The van der Waals surface area contributed by atoms with Crippen molar-refractivity contribution in [2.24, 2.45) is 11.8 Å². The first-order valence-electron chi connectivity index (χ1n) is 11.8. The smallest absolute Gasteiger partial charge is 0.243 e. The highest BCUT2D eigenvalue weighted by Gasteiger charge is 2.26. The van der Waals surface area contributed by atoms with E-state index in [2.05, 4.69) is 22.3 Å². The lowest BCUT2D eigenvalue weighted by atomic mass is 9.94. The fraction of sp³-hybridized carbons (Fsp3) is 0.667. The largest absolute Gasteiger partial charge is 0.371 e. The van der Waals surface area contributed by atoms with Gasteiger partial charge in [-0.1, -0.05) is 32.0 Å². The Bertz CT molecular complexity index is 723. The highest BCUT2D eigenvalue weighted by atomic mass is 16.5. The molecule has 0 aromatic heterocycles. The zero-order valence-electron chi connectivity index (χ0n) is 19.0. The molecule has 2 heterocycles. The quantitative estimate of drug-likeness (QED) is 0.436. The molecule has 0 spiro atoms. The summed E-state index contributed by atoms with van der Waals surface area (Å²) in [5.74, 6) is 0.692. The van der Waals surface area contributed by atoms with Crippen molar-refractivity contribution in [3.8, 4) is 0 Å². The highest BCUT2D eigenvalue weighted by Crippen LogP contribution is 2.26. The van der Waals surface area contributed by atoms with Gasteiger partial charge >= 0.3 is 0 Å². The van der Waals surface area contributed by atoms with Crippen molar-refractivity contribution in [1.29, 1.82) is 0 Å². The number of aryl methyl sites for hydroxylation is 1. The Morgan fingerprint density at radius 2 is 1.74 bits per heavy atom. The average molecular weight is 431 g/mol. The second-order valence-corrected chi connectivity index (χ2v) is 9.26. The van der Waals surface area contributed by atoms with Crippen LogP contribution in [0.25, 0.3) is 0 Å². The molecule has 2 aliphatic rings. The molecule has 0 radical (unpaired) electrons. The molecular formula is C24H38N4O3. The summed E-state index contributed by atoms with van der Waals surface area (Å²) >= 11 is 0. The summed E-state index contributed by atoms with van der Waals surface area (Å²) in [6.45, 7) is 8.80. The van der Waals surface area contributed by atoms with Crippen LogP contribution in [-0.4, -0.2) is 60.7 Å². The van der Waals surface area contributed by atoms with E-state index in [0.717, 1.165) is 64.0 Å². The molecule has 0 bridgehead atoms. The van der Waals surface area contributed by atoms with Gasteiger partial charge < -0.3 is 15.1 Å². The first-order chi connectivity index (χ1) is 15.0. The number of amides is 2. The van der Waals surface area contributed by atoms with E-state index < -0.39 is 0 Å². The van der Waals surface area contributed by atoms with Crippen molar-refractivity contribution in [3.05, 3.63) is 29.8 Å². The first-order valence-corrected chi connectivity index (χ1v) is 11.8. The molecule has 172 valence electrons. The average Bonchev–Trinajstić information content (AvgIpc) is 2.81. The number of piperidine rings is 2. The standard InChI is InChI=1S/C24H38N4O3/c1-18(2)24(30)28-13-9-19(10-14-28)17-25-21-11-15-27(16-12-21)22-6-4-3-5-20(22)7-8-23(29)26-31/h3-6,18-19,21,25,31H,7-17H2,1-2H3,(H,26,29). The van der Waals surface area contributed by atoms with Crippen LogP contribution in [0.4, 0.5) is 5.69 Å². The minimum absolute atomic E-state index is 0.0943. The van der Waals surface area contributed by atoms with Crippen molar-refractivity contribution in [3.63, 3.8) is 0 Å². The minimum Gasteiger partial charge on any atom is -0.371 e. The number of hydrogen-bond donors (Lipinski definition) is 3. The van der Waals surface area contributed by atoms with Gasteiger partial charge in [-0.05, 0) is 56.2 Å². The molecule has 0 atom stereocenters. The van der Waals surface area contributed by atoms with Crippen molar-refractivity contribution in [2.45, 2.75) is 58.4 Å². The van der Waals surface area contributed by atoms with Crippen LogP contribution in [0.5, 0.6) is 0 Å². The first kappa shape index (κ1) is 23.5. The summed E-state index contributed by atoms with van der Waals surface area (Å²) in [4.78, 5) is 28.0. The van der Waals surface area contributed by atoms with Crippen molar-refractivity contribution in [1.82, 2.24) is 15.7 Å². The van der Waals surface area contributed by atoms with Gasteiger partial charge in [0.05, 0.1) is 0 Å². The number of likely N-dealkylation sites (tertiary alicyclic amines) is 1. The van der Waals surface area contributed by atoms with Gasteiger partial charge in [-0.15, -0.1) is 0 Å². The summed E-state index contributed by atoms with van der Waals surface area (Å²) in [5, 5.41) is 12.5. The van der Waals surface area contributed by atoms with Gasteiger partial charge in [0.2, 0.25) is 11.8 Å². The van der Waals surface area contributed by atoms with Gasteiger partial charge in [0.15, 0.2) is 0 Å². The number of rotatable bonds is 8. The summed E-state index contributed by atoms with van der Waals surface area (Å²) < 4.78 is 0. The van der Waals surface area contributed by atoms with Crippen molar-refractivity contribution in [2.75, 3.05) is 37.6 Å². The number of benzene rings is 1. The Morgan fingerprint density at radius 1 is 1.06 bits per heavy atom. The lowest BCUT2D eigenvalue weighted by molar-refractivity contribution is -0.135. The molecule has 1 aromatic rings. The van der Waals surface area contributed by atoms with E-state index in [-0.39, 0.29) is 24.2 Å². The Hall–Kier alpha value is -2.12. The number of anilines is 1. The number of carbonyl (C=O) groups is 2. The van der Waals surface area contributed by atoms with E-state index in [0.29, 0.717) is 18.4 Å². The number of nitrogens with one attached hydrogen (secondary N) is 2. The van der Waals surface area contributed by atoms with Crippen LogP contribution in [-0.2, 0) is 16.0 Å². The maximum absolute atomic E-state index is 12.1. The third kappa shape index (κ3) is 6.68. The molecule has 2 amide bonds. The molecule has 7 heteroatoms. The maximum atomic E-state index is 12.1. The van der Waals surface area contributed by atoms with Crippen molar-refractivity contribution >= 4 is 17.5 Å². The highest BCUT2D eigenvalue weighted by molar-refractivity contribution is 5.78. The van der Waals surface area contributed by atoms with Gasteiger partial charge in [-0.3, -0.25) is 14.8 Å². The van der Waals surface area contributed by atoms with Gasteiger partial charge in [0, 0.05) is 50.2 Å². The molecule has 2 saturated heterocycles. The summed E-state index contributed by atoms with van der Waals surface area (Å²) in [6.07, 6.45) is 5.32. The Morgan fingerprint density at radius 3 is 2.39 bits per heavy atom. The van der Waals surface area contributed by atoms with Gasteiger partial charge in [-0.2, -0.15) is 0 Å². The number of para-hydroxylation sites is 1. The van der Waals surface area contributed by atoms with E-state index in [1.165, 1.54) is 5.69 Å². The van der Waals surface area contributed by atoms with Gasteiger partial charge in [0.1, 0.15) is 0 Å². The predicted molar refractivity (Wildman–Crippen MR) is 122 cm³/mol. The molecule has 2 fully saturated rings. The monoisotopic (exact) mass is 430 g/mol. The Balaban J connectivity index is 1.41. The lowest BCUT2D eigenvalue weighted by Gasteiger charge is -2.37. The van der Waals surface area contributed by atoms with Gasteiger partial charge in [0.25, 0.3) is 0 Å². The third-order valence-electron chi connectivity index (χ3n) is 6.69. The van der Waals surface area contributed by atoms with E-state index in [4.69, 9.17) is 5.21 Å². The fourth-order valence-corrected chi connectivity index (χ4v) is 4.72. The molecule has 3 N–H and O–H groups in total. The van der Waals surface area contributed by atoms with Crippen LogP contribution in [0.3, 0.4) is 0 Å². The maximum Gasteiger partial charge on any atom is 0.243 e. The third-order valence-corrected chi connectivity index (χ3v) is 6.69. The van der Waals surface area contributed by atoms with E-state index in [1.807, 2.05) is 30.9 Å². The van der Waals surface area contributed by atoms with Crippen LogP contribution in [0.1, 0.15) is 51.5 Å². The minimum atomic E-state index is -0.350. The number of nitrogens with zero attached hydrogens (tertiary/aromatic N) is 2. The molecule has 0 aliphatic carbocycles. The zero-order valence-corrected chi connectivity index (χ0v) is 19.0. The summed E-state index contributed by atoms with van der Waals surface area (Å²) in [7, 11) is 0. The fourth-order valence-electron chi connectivity index (χ4n) is 4.72. The molecule has 0 unspecified atom stereocenters. The predicted octanol–water partition coefficient (Wildman–Crippen LogP) is 2.58. The van der Waals surface area contributed by atoms with E-state index in [1.54, 1.807) is 5.48 Å². The SMILES string of the molecule is CC(C)C(=O)N1CCC(CNC2CCN(c3ccccc3CCC(=O)NO)CC2)CC1. The number of carbonyl (C=O) groups excluding carboxylic acids is 2. The van der Waals surface area contributed by atoms with Crippen LogP contribution < -0.4 is 15.7 Å². The second kappa shape index (κ2) is 11.5. The molecular weight excluding hydrogens is 392 g/mol. The normalized spacial score (nSPS) is 18.5. The van der Waals surface area contributed by atoms with Crippen LogP contribution >= 0.6 is 0 Å². The molecule has 0 saturated carbocycles. The van der Waals surface area contributed by atoms with Crippen LogP contribution in [0.15, 0.2) is 24.3 Å². The number of hydrogen-bond acceptors (Lipinski definition) is 5. The summed E-state index contributed by atoms with van der Waals surface area (Å²) in [6, 6.07) is 8.79. The second-order valence-electron chi connectivity index (χ2n) is 9.26. The molecule has 3 rings (SSSR count). The van der Waals surface area contributed by atoms with Gasteiger partial charge in [-0.25, -0.2) is 5.48 Å². The molecule has 7 nitrogen and oxygen atoms in total. The molecule has 31 heavy (non-hydrogen) atoms. The van der Waals surface area contributed by atoms with E-state index in [9.17, 15) is 9.59 Å². The number of hydroxylamine groups is 1. The lowest BCUT2D eigenvalue weighted by Crippen LogP contribution is -2.46.